The van der Waals surface area contributed by atoms with E-state index >= 15 is 0 Å². The minimum absolute atomic E-state index is 0.0960. The van der Waals surface area contributed by atoms with Crippen molar-refractivity contribution in [1.29, 1.82) is 0 Å². The fourth-order valence-electron chi connectivity index (χ4n) is 1.79. The number of amides is 3. The Bertz CT molecular complexity index is 693. The number of rotatable bonds is 8. The van der Waals surface area contributed by atoms with E-state index in [1.807, 2.05) is 0 Å². The SMILES string of the molecule is COCCNC(=O)C(=O)N/N=C(/C)CC(=O)Nc1cc(Cl)ccc1OC. The average molecular weight is 385 g/mol. The summed E-state index contributed by atoms with van der Waals surface area (Å²) in [6.45, 7) is 2.03. The normalized spacial score (nSPS) is 10.8. The minimum Gasteiger partial charge on any atom is -0.495 e. The summed E-state index contributed by atoms with van der Waals surface area (Å²) in [6.07, 6.45) is -0.0960. The third-order valence-corrected chi connectivity index (χ3v) is 3.23. The summed E-state index contributed by atoms with van der Waals surface area (Å²) in [7, 11) is 2.95. The molecule has 1 aromatic rings. The second-order valence-electron chi connectivity index (χ2n) is 5.11. The lowest BCUT2D eigenvalue weighted by Gasteiger charge is -2.10. The van der Waals surface area contributed by atoms with Gasteiger partial charge in [0, 0.05) is 24.4 Å². The number of hydrogen-bond donors (Lipinski definition) is 3. The highest BCUT2D eigenvalue weighted by atomic mass is 35.5. The summed E-state index contributed by atoms with van der Waals surface area (Å²) in [5.41, 5.74) is 2.80. The maximum absolute atomic E-state index is 12.1. The molecule has 9 nitrogen and oxygen atoms in total. The Hall–Kier alpha value is -2.65. The van der Waals surface area contributed by atoms with Crippen molar-refractivity contribution in [2.24, 2.45) is 5.10 Å². The second kappa shape index (κ2) is 11.1. The Morgan fingerprint density at radius 3 is 2.58 bits per heavy atom. The molecule has 26 heavy (non-hydrogen) atoms. The van der Waals surface area contributed by atoms with Crippen molar-refractivity contribution in [3.05, 3.63) is 23.2 Å². The number of nitrogens with zero attached hydrogens (tertiary/aromatic N) is 1. The van der Waals surface area contributed by atoms with E-state index in [-0.39, 0.29) is 25.5 Å². The van der Waals surface area contributed by atoms with Gasteiger partial charge >= 0.3 is 11.8 Å². The first-order valence-electron chi connectivity index (χ1n) is 7.61. The molecule has 0 bridgehead atoms. The Balaban J connectivity index is 2.53. The topological polar surface area (TPSA) is 118 Å². The maximum Gasteiger partial charge on any atom is 0.329 e. The molecule has 0 saturated heterocycles. The molecule has 10 heteroatoms. The second-order valence-corrected chi connectivity index (χ2v) is 5.54. The smallest absolute Gasteiger partial charge is 0.329 e. The molecular weight excluding hydrogens is 364 g/mol. The molecule has 0 radical (unpaired) electrons. The third-order valence-electron chi connectivity index (χ3n) is 3.00. The van der Waals surface area contributed by atoms with E-state index < -0.39 is 11.8 Å². The first-order chi connectivity index (χ1) is 12.4. The Kier molecular flexibility index (Phi) is 9.10. The van der Waals surface area contributed by atoms with Crippen LogP contribution in [0.5, 0.6) is 5.75 Å². The van der Waals surface area contributed by atoms with Crippen LogP contribution < -0.4 is 20.8 Å². The number of carbonyl (C=O) groups excluding carboxylic acids is 3. The van der Waals surface area contributed by atoms with Crippen molar-refractivity contribution < 1.29 is 23.9 Å². The number of benzene rings is 1. The van der Waals surface area contributed by atoms with Gasteiger partial charge in [0.25, 0.3) is 0 Å². The van der Waals surface area contributed by atoms with E-state index in [4.69, 9.17) is 21.1 Å². The van der Waals surface area contributed by atoms with Gasteiger partial charge in [0.1, 0.15) is 5.75 Å². The molecule has 142 valence electrons. The van der Waals surface area contributed by atoms with Crippen molar-refractivity contribution in [3.63, 3.8) is 0 Å². The molecule has 0 fully saturated rings. The van der Waals surface area contributed by atoms with Crippen molar-refractivity contribution in [1.82, 2.24) is 10.7 Å². The summed E-state index contributed by atoms with van der Waals surface area (Å²) in [5.74, 6) is -1.70. The van der Waals surface area contributed by atoms with E-state index in [1.54, 1.807) is 18.2 Å². The van der Waals surface area contributed by atoms with Crippen LogP contribution in [0.2, 0.25) is 5.02 Å². The highest BCUT2D eigenvalue weighted by Gasteiger charge is 2.13. The van der Waals surface area contributed by atoms with Crippen molar-refractivity contribution in [3.8, 4) is 5.75 Å². The Labute approximate surface area is 156 Å². The minimum atomic E-state index is -0.933. The van der Waals surface area contributed by atoms with E-state index in [1.165, 1.54) is 21.1 Å². The van der Waals surface area contributed by atoms with Crippen molar-refractivity contribution in [2.75, 3.05) is 32.7 Å². The van der Waals surface area contributed by atoms with Crippen LogP contribution >= 0.6 is 11.6 Å². The molecule has 3 N–H and O–H groups in total. The number of hydrogen-bond acceptors (Lipinski definition) is 6. The number of halogens is 1. The Morgan fingerprint density at radius 2 is 1.92 bits per heavy atom. The molecule has 0 saturated carbocycles. The van der Waals surface area contributed by atoms with Gasteiger partial charge in [-0.2, -0.15) is 5.10 Å². The predicted octanol–water partition coefficient (Wildman–Crippen LogP) is 0.932. The summed E-state index contributed by atoms with van der Waals surface area (Å²) in [5, 5.41) is 9.16. The molecule has 0 aromatic heterocycles. The highest BCUT2D eigenvalue weighted by Crippen LogP contribution is 2.27. The third kappa shape index (κ3) is 7.49. The first kappa shape index (κ1) is 21.4. The lowest BCUT2D eigenvalue weighted by atomic mass is 10.2. The number of hydrazone groups is 1. The quantitative estimate of drug-likeness (QED) is 0.267. The van der Waals surface area contributed by atoms with E-state index in [0.29, 0.717) is 22.2 Å². The van der Waals surface area contributed by atoms with Crippen molar-refractivity contribution >= 4 is 40.7 Å². The van der Waals surface area contributed by atoms with Gasteiger partial charge in [0.2, 0.25) is 5.91 Å². The molecule has 0 aliphatic carbocycles. The molecule has 1 rings (SSSR count). The number of ether oxygens (including phenoxy) is 2. The standard InChI is InChI=1S/C16H21ClN4O5/c1-10(20-21-16(24)15(23)18-6-7-25-2)8-14(22)19-12-9-11(17)4-5-13(12)26-3/h4-5,9H,6-8H2,1-3H3,(H,18,23)(H,19,22)(H,21,24)/b20-10-. The van der Waals surface area contributed by atoms with Gasteiger partial charge in [-0.1, -0.05) is 11.6 Å². The van der Waals surface area contributed by atoms with Gasteiger partial charge in [-0.15, -0.1) is 0 Å². The summed E-state index contributed by atoms with van der Waals surface area (Å²) < 4.78 is 9.89. The molecule has 3 amide bonds. The van der Waals surface area contributed by atoms with Crippen molar-refractivity contribution in [2.45, 2.75) is 13.3 Å². The largest absolute Gasteiger partial charge is 0.495 e. The average Bonchev–Trinajstić information content (AvgIpc) is 2.59. The fraction of sp³-hybridized carbons (Fsp3) is 0.375. The highest BCUT2D eigenvalue weighted by molar-refractivity contribution is 6.35. The molecule has 0 aliphatic rings. The lowest BCUT2D eigenvalue weighted by Crippen LogP contribution is -2.39. The van der Waals surface area contributed by atoms with Gasteiger partial charge in [-0.05, 0) is 25.1 Å². The zero-order valence-electron chi connectivity index (χ0n) is 14.7. The maximum atomic E-state index is 12.1. The van der Waals surface area contributed by atoms with Gasteiger partial charge in [-0.3, -0.25) is 14.4 Å². The number of nitrogens with one attached hydrogen (secondary N) is 3. The van der Waals surface area contributed by atoms with E-state index in [2.05, 4.69) is 21.2 Å². The van der Waals surface area contributed by atoms with Gasteiger partial charge in [0.15, 0.2) is 0 Å². The van der Waals surface area contributed by atoms with Crippen LogP contribution in [0.1, 0.15) is 13.3 Å². The van der Waals surface area contributed by atoms with Crippen LogP contribution in [0.4, 0.5) is 5.69 Å². The molecule has 1 aromatic carbocycles. The summed E-state index contributed by atoms with van der Waals surface area (Å²) in [6, 6.07) is 4.81. The number of methoxy groups -OCH3 is 2. The van der Waals surface area contributed by atoms with E-state index in [9.17, 15) is 14.4 Å². The van der Waals surface area contributed by atoms with E-state index in [0.717, 1.165) is 0 Å². The predicted molar refractivity (Wildman–Crippen MR) is 97.4 cm³/mol. The number of carbonyl (C=O) groups is 3. The zero-order valence-corrected chi connectivity index (χ0v) is 15.5. The van der Waals surface area contributed by atoms with Crippen LogP contribution in [0.15, 0.2) is 23.3 Å². The van der Waals surface area contributed by atoms with Crippen LogP contribution in [0.3, 0.4) is 0 Å². The molecule has 0 aliphatic heterocycles. The van der Waals surface area contributed by atoms with Gasteiger partial charge in [-0.25, -0.2) is 5.43 Å². The summed E-state index contributed by atoms with van der Waals surface area (Å²) >= 11 is 5.90. The molecule has 0 heterocycles. The van der Waals surface area contributed by atoms with Gasteiger partial charge in [0.05, 0.1) is 25.8 Å². The summed E-state index contributed by atoms with van der Waals surface area (Å²) in [4.78, 5) is 35.0. The monoisotopic (exact) mass is 384 g/mol. The fourth-order valence-corrected chi connectivity index (χ4v) is 1.96. The molecular formula is C16H21ClN4O5. The Morgan fingerprint density at radius 1 is 1.19 bits per heavy atom. The van der Waals surface area contributed by atoms with Gasteiger partial charge < -0.3 is 20.1 Å². The lowest BCUT2D eigenvalue weighted by molar-refractivity contribution is -0.139. The first-order valence-corrected chi connectivity index (χ1v) is 7.98. The van der Waals surface area contributed by atoms with Crippen LogP contribution in [-0.4, -0.2) is 50.8 Å². The molecule has 0 spiro atoms. The van der Waals surface area contributed by atoms with Crippen LogP contribution in [-0.2, 0) is 19.1 Å². The zero-order chi connectivity index (χ0) is 19.5. The molecule has 0 atom stereocenters. The number of anilines is 1. The molecule has 0 unspecified atom stereocenters. The van der Waals surface area contributed by atoms with Crippen LogP contribution in [0.25, 0.3) is 0 Å². The van der Waals surface area contributed by atoms with Crippen LogP contribution in [0, 0.1) is 0 Å².